The van der Waals surface area contributed by atoms with Gasteiger partial charge in [-0.15, -0.1) is 0 Å². The Morgan fingerprint density at radius 1 is 1.23 bits per heavy atom. The molecule has 0 saturated heterocycles. The number of ether oxygens (including phenoxy) is 1. The Labute approximate surface area is 148 Å². The molecule has 1 aromatic carbocycles. The van der Waals surface area contributed by atoms with Gasteiger partial charge in [-0.3, -0.25) is 9.78 Å². The minimum Gasteiger partial charge on any atom is -0.373 e. The van der Waals surface area contributed by atoms with Crippen LogP contribution in [0.1, 0.15) is 18.7 Å². The first-order valence-electron chi connectivity index (χ1n) is 8.46. The van der Waals surface area contributed by atoms with E-state index in [0.717, 1.165) is 39.1 Å². The number of hydrogen-bond donors (Lipinski definition) is 1. The summed E-state index contributed by atoms with van der Waals surface area (Å²) in [5.74, 6) is -0.267. The summed E-state index contributed by atoms with van der Waals surface area (Å²) in [5.41, 5.74) is 5.38. The number of aromatic amines is 1. The van der Waals surface area contributed by atoms with Crippen molar-refractivity contribution in [1.82, 2.24) is 25.0 Å². The van der Waals surface area contributed by atoms with Gasteiger partial charge in [-0.1, -0.05) is 0 Å². The van der Waals surface area contributed by atoms with Crippen molar-refractivity contribution in [3.63, 3.8) is 0 Å². The van der Waals surface area contributed by atoms with Gasteiger partial charge in [-0.25, -0.2) is 9.37 Å². The van der Waals surface area contributed by atoms with Crippen LogP contribution in [0.3, 0.4) is 0 Å². The first kappa shape index (κ1) is 15.2. The number of aromatic nitrogens is 5. The summed E-state index contributed by atoms with van der Waals surface area (Å²) in [6.45, 7) is 3.18. The van der Waals surface area contributed by atoms with Gasteiger partial charge in [0.15, 0.2) is 5.65 Å². The molecule has 0 saturated carbocycles. The molecule has 3 aromatic heterocycles. The Kier molecular flexibility index (Phi) is 3.36. The molecule has 1 N–H and O–H groups in total. The lowest BCUT2D eigenvalue weighted by Crippen LogP contribution is -2.22. The van der Waals surface area contributed by atoms with Gasteiger partial charge in [0.05, 0.1) is 31.1 Å². The number of H-pyrrole nitrogens is 1. The Morgan fingerprint density at radius 3 is 2.92 bits per heavy atom. The van der Waals surface area contributed by atoms with Crippen LogP contribution in [0.2, 0.25) is 0 Å². The maximum Gasteiger partial charge on any atom is 0.155 e. The number of fused-ring (bicyclic) bond motifs is 2. The van der Waals surface area contributed by atoms with Gasteiger partial charge in [0.1, 0.15) is 11.5 Å². The lowest BCUT2D eigenvalue weighted by atomic mass is 9.97. The third-order valence-corrected chi connectivity index (χ3v) is 4.77. The molecule has 0 bridgehead atoms. The van der Waals surface area contributed by atoms with Crippen molar-refractivity contribution in [3.05, 3.63) is 54.2 Å². The average molecular weight is 349 g/mol. The second-order valence-electron chi connectivity index (χ2n) is 6.48. The van der Waals surface area contributed by atoms with E-state index in [0.29, 0.717) is 13.2 Å². The van der Waals surface area contributed by atoms with Gasteiger partial charge in [-0.2, -0.15) is 10.2 Å². The van der Waals surface area contributed by atoms with E-state index in [-0.39, 0.29) is 11.9 Å². The molecule has 1 aliphatic heterocycles. The highest BCUT2D eigenvalue weighted by Crippen LogP contribution is 2.40. The fourth-order valence-corrected chi connectivity index (χ4v) is 3.53. The predicted octanol–water partition coefficient (Wildman–Crippen LogP) is 3.72. The maximum atomic E-state index is 13.4. The van der Waals surface area contributed by atoms with Crippen LogP contribution in [0.5, 0.6) is 0 Å². The van der Waals surface area contributed by atoms with E-state index in [1.165, 1.54) is 12.1 Å². The number of nitrogens with zero attached hydrogens (tertiary/aromatic N) is 4. The van der Waals surface area contributed by atoms with E-state index in [1.54, 1.807) is 24.5 Å². The second-order valence-corrected chi connectivity index (χ2v) is 6.48. The van der Waals surface area contributed by atoms with E-state index in [1.807, 2.05) is 10.7 Å². The standard InChI is InChI=1S/C19H16FN5O/c1-11-9-26-10-16-17(14-6-7-21-19-15(14)8-22-23-19)18(24-25(11)16)12-2-4-13(20)5-3-12/h2-8,11H,9-10H2,1H3,(H,21,22,23)/t11-/m1/s1. The van der Waals surface area contributed by atoms with Crippen molar-refractivity contribution in [2.24, 2.45) is 0 Å². The molecule has 1 atom stereocenters. The van der Waals surface area contributed by atoms with E-state index in [4.69, 9.17) is 9.84 Å². The summed E-state index contributed by atoms with van der Waals surface area (Å²) >= 11 is 0. The van der Waals surface area contributed by atoms with Gasteiger partial charge in [0.25, 0.3) is 0 Å². The molecule has 0 spiro atoms. The lowest BCUT2D eigenvalue weighted by molar-refractivity contribution is 0.0580. The van der Waals surface area contributed by atoms with Gasteiger partial charge < -0.3 is 4.74 Å². The monoisotopic (exact) mass is 349 g/mol. The van der Waals surface area contributed by atoms with Crippen molar-refractivity contribution in [1.29, 1.82) is 0 Å². The first-order chi connectivity index (χ1) is 12.7. The van der Waals surface area contributed by atoms with E-state index in [9.17, 15) is 4.39 Å². The van der Waals surface area contributed by atoms with E-state index < -0.39 is 0 Å². The molecule has 5 rings (SSSR count). The van der Waals surface area contributed by atoms with Crippen LogP contribution in [0.25, 0.3) is 33.4 Å². The minimum atomic E-state index is -0.267. The molecule has 26 heavy (non-hydrogen) atoms. The smallest absolute Gasteiger partial charge is 0.155 e. The van der Waals surface area contributed by atoms with Crippen LogP contribution in [-0.4, -0.2) is 31.6 Å². The van der Waals surface area contributed by atoms with Crippen molar-refractivity contribution < 1.29 is 9.13 Å². The summed E-state index contributed by atoms with van der Waals surface area (Å²) in [5, 5.41) is 12.8. The topological polar surface area (TPSA) is 68.6 Å². The summed E-state index contributed by atoms with van der Waals surface area (Å²) in [6.07, 6.45) is 3.52. The van der Waals surface area contributed by atoms with Crippen LogP contribution in [-0.2, 0) is 11.3 Å². The number of nitrogens with one attached hydrogen (secondary N) is 1. The fourth-order valence-electron chi connectivity index (χ4n) is 3.53. The zero-order valence-corrected chi connectivity index (χ0v) is 14.1. The highest BCUT2D eigenvalue weighted by molar-refractivity contribution is 5.97. The number of pyridine rings is 1. The highest BCUT2D eigenvalue weighted by Gasteiger charge is 2.27. The molecule has 4 heterocycles. The molecule has 1 aliphatic rings. The van der Waals surface area contributed by atoms with E-state index in [2.05, 4.69) is 22.1 Å². The molecule has 0 fully saturated rings. The molecule has 0 unspecified atom stereocenters. The number of halogens is 1. The van der Waals surface area contributed by atoms with E-state index >= 15 is 0 Å². The first-order valence-corrected chi connectivity index (χ1v) is 8.46. The predicted molar refractivity (Wildman–Crippen MR) is 94.9 cm³/mol. The van der Waals surface area contributed by atoms with Crippen molar-refractivity contribution >= 4 is 11.0 Å². The zero-order valence-electron chi connectivity index (χ0n) is 14.1. The van der Waals surface area contributed by atoms with Crippen LogP contribution < -0.4 is 0 Å². The molecule has 130 valence electrons. The summed E-state index contributed by atoms with van der Waals surface area (Å²) in [7, 11) is 0. The zero-order chi connectivity index (χ0) is 17.7. The van der Waals surface area contributed by atoms with Gasteiger partial charge >= 0.3 is 0 Å². The van der Waals surface area contributed by atoms with Crippen LogP contribution in [0.4, 0.5) is 4.39 Å². The Bertz CT molecular complexity index is 1100. The molecular weight excluding hydrogens is 333 g/mol. The largest absolute Gasteiger partial charge is 0.373 e. The highest BCUT2D eigenvalue weighted by atomic mass is 19.1. The molecule has 0 aliphatic carbocycles. The summed E-state index contributed by atoms with van der Waals surface area (Å²) in [6, 6.07) is 8.52. The van der Waals surface area contributed by atoms with Crippen LogP contribution >= 0.6 is 0 Å². The summed E-state index contributed by atoms with van der Waals surface area (Å²) in [4.78, 5) is 4.33. The molecule has 7 heteroatoms. The number of hydrogen-bond acceptors (Lipinski definition) is 4. The molecule has 0 radical (unpaired) electrons. The molecular formula is C19H16FN5O. The van der Waals surface area contributed by atoms with Crippen molar-refractivity contribution in [3.8, 4) is 22.4 Å². The lowest BCUT2D eigenvalue weighted by Gasteiger charge is -2.22. The number of rotatable bonds is 2. The average Bonchev–Trinajstić information content (AvgIpc) is 3.27. The summed E-state index contributed by atoms with van der Waals surface area (Å²) < 4.78 is 21.2. The second kappa shape index (κ2) is 5.74. The van der Waals surface area contributed by atoms with Gasteiger partial charge in [0, 0.05) is 22.7 Å². The maximum absolute atomic E-state index is 13.4. The van der Waals surface area contributed by atoms with Crippen LogP contribution in [0.15, 0.2) is 42.7 Å². The number of benzene rings is 1. The Hall–Kier alpha value is -3.06. The SMILES string of the molecule is C[C@@H]1COCc2c(-c3ccnc4[nH]ncc34)c(-c3ccc(F)cc3)nn21. The Morgan fingerprint density at radius 2 is 2.08 bits per heavy atom. The molecule has 0 amide bonds. The van der Waals surface area contributed by atoms with Crippen LogP contribution in [0, 0.1) is 5.82 Å². The quantitative estimate of drug-likeness (QED) is 0.599. The Balaban J connectivity index is 1.83. The minimum absolute atomic E-state index is 0.133. The molecule has 6 nitrogen and oxygen atoms in total. The van der Waals surface area contributed by atoms with Gasteiger partial charge in [-0.05, 0) is 42.8 Å². The molecule has 4 aromatic rings. The normalized spacial score (nSPS) is 16.8. The van der Waals surface area contributed by atoms with Gasteiger partial charge in [0.2, 0.25) is 0 Å². The van der Waals surface area contributed by atoms with Crippen molar-refractivity contribution in [2.75, 3.05) is 6.61 Å². The van der Waals surface area contributed by atoms with Crippen molar-refractivity contribution in [2.45, 2.75) is 19.6 Å². The third-order valence-electron chi connectivity index (χ3n) is 4.77. The third kappa shape index (κ3) is 2.24. The fraction of sp³-hybridized carbons (Fsp3) is 0.211.